The number of rotatable bonds is 5. The van der Waals surface area contributed by atoms with Crippen LogP contribution >= 0.6 is 0 Å². The third-order valence-corrected chi connectivity index (χ3v) is 2.31. The predicted molar refractivity (Wildman–Crippen MR) is 55.8 cm³/mol. The van der Waals surface area contributed by atoms with E-state index in [1.165, 1.54) is 6.08 Å². The lowest BCUT2D eigenvalue weighted by Crippen LogP contribution is -2.57. The van der Waals surface area contributed by atoms with E-state index in [-0.39, 0.29) is 19.4 Å². The Kier molecular flexibility index (Phi) is 3.97. The lowest BCUT2D eigenvalue weighted by molar-refractivity contribution is -0.143. The summed E-state index contributed by atoms with van der Waals surface area (Å²) >= 11 is 0. The summed E-state index contributed by atoms with van der Waals surface area (Å²) in [6, 6.07) is -0.800. The van der Waals surface area contributed by atoms with E-state index in [0.717, 1.165) is 4.90 Å². The van der Waals surface area contributed by atoms with E-state index in [4.69, 9.17) is 5.11 Å². The number of nitrogens with zero attached hydrogens (tertiary/aromatic N) is 1. The highest BCUT2D eigenvalue weighted by molar-refractivity contribution is 6.16. The van der Waals surface area contributed by atoms with E-state index >= 15 is 0 Å². The number of barbiturate groups is 1. The average Bonchev–Trinajstić information content (AvgIpc) is 2.23. The van der Waals surface area contributed by atoms with Gasteiger partial charge in [-0.15, -0.1) is 6.58 Å². The standard InChI is InChI=1S/C10H12N2O5/c1-2-5-12-9(16)6(3-4-7(13)14)8(15)11-10(12)17/h2,6H,1,3-5H2,(H,13,14)(H,11,15,17). The van der Waals surface area contributed by atoms with Crippen molar-refractivity contribution in [2.24, 2.45) is 5.92 Å². The summed E-state index contributed by atoms with van der Waals surface area (Å²) in [5.74, 6) is -3.65. The molecule has 0 aliphatic carbocycles. The van der Waals surface area contributed by atoms with Crippen LogP contribution in [-0.2, 0) is 14.4 Å². The van der Waals surface area contributed by atoms with Gasteiger partial charge in [0, 0.05) is 13.0 Å². The molecular weight excluding hydrogens is 228 g/mol. The maximum absolute atomic E-state index is 11.8. The fourth-order valence-corrected chi connectivity index (χ4v) is 1.48. The highest BCUT2D eigenvalue weighted by atomic mass is 16.4. The van der Waals surface area contributed by atoms with Crippen molar-refractivity contribution in [3.05, 3.63) is 12.7 Å². The Morgan fingerprint density at radius 2 is 2.12 bits per heavy atom. The lowest BCUT2D eigenvalue weighted by Gasteiger charge is -2.28. The van der Waals surface area contributed by atoms with Crippen molar-refractivity contribution >= 4 is 23.8 Å². The summed E-state index contributed by atoms with van der Waals surface area (Å²) in [6.45, 7) is 3.38. The van der Waals surface area contributed by atoms with Crippen molar-refractivity contribution in [2.45, 2.75) is 12.8 Å². The van der Waals surface area contributed by atoms with E-state index in [1.54, 1.807) is 0 Å². The van der Waals surface area contributed by atoms with Crippen molar-refractivity contribution < 1.29 is 24.3 Å². The molecule has 0 spiro atoms. The number of carboxylic acid groups (broad SMARTS) is 1. The van der Waals surface area contributed by atoms with Crippen LogP contribution in [0.15, 0.2) is 12.7 Å². The van der Waals surface area contributed by atoms with Gasteiger partial charge in [-0.05, 0) is 6.42 Å². The topological polar surface area (TPSA) is 104 Å². The third-order valence-electron chi connectivity index (χ3n) is 2.31. The molecule has 1 atom stereocenters. The third kappa shape index (κ3) is 2.90. The maximum atomic E-state index is 11.8. The number of carbonyl (C=O) groups excluding carboxylic acids is 3. The molecule has 1 saturated heterocycles. The van der Waals surface area contributed by atoms with Crippen LogP contribution in [0, 0.1) is 5.92 Å². The first kappa shape index (κ1) is 12.9. The molecule has 1 fully saturated rings. The molecule has 1 aliphatic rings. The quantitative estimate of drug-likeness (QED) is 0.508. The molecule has 7 heteroatoms. The van der Waals surface area contributed by atoms with Crippen molar-refractivity contribution in [1.82, 2.24) is 10.2 Å². The fraction of sp³-hybridized carbons (Fsp3) is 0.400. The largest absolute Gasteiger partial charge is 0.481 e. The van der Waals surface area contributed by atoms with Gasteiger partial charge in [-0.3, -0.25) is 24.6 Å². The predicted octanol–water partition coefficient (Wildman–Crippen LogP) is -0.268. The van der Waals surface area contributed by atoms with Crippen LogP contribution in [0.4, 0.5) is 4.79 Å². The number of imide groups is 2. The molecule has 17 heavy (non-hydrogen) atoms. The van der Waals surface area contributed by atoms with Crippen molar-refractivity contribution in [3.63, 3.8) is 0 Å². The summed E-state index contributed by atoms with van der Waals surface area (Å²) in [5, 5.41) is 10.5. The van der Waals surface area contributed by atoms with Crippen LogP contribution in [0.3, 0.4) is 0 Å². The minimum Gasteiger partial charge on any atom is -0.481 e. The molecule has 92 valence electrons. The number of aliphatic carboxylic acids is 1. The smallest absolute Gasteiger partial charge is 0.331 e. The van der Waals surface area contributed by atoms with E-state index in [0.29, 0.717) is 0 Å². The van der Waals surface area contributed by atoms with Gasteiger partial charge in [-0.25, -0.2) is 4.79 Å². The van der Waals surface area contributed by atoms with Crippen LogP contribution < -0.4 is 5.32 Å². The molecule has 0 radical (unpaired) electrons. The molecule has 7 nitrogen and oxygen atoms in total. The van der Waals surface area contributed by atoms with Gasteiger partial charge in [0.05, 0.1) is 0 Å². The Labute approximate surface area is 97.1 Å². The molecule has 0 bridgehead atoms. The first-order chi connectivity index (χ1) is 7.97. The monoisotopic (exact) mass is 240 g/mol. The molecule has 1 rings (SSSR count). The van der Waals surface area contributed by atoms with Gasteiger partial charge < -0.3 is 5.11 Å². The van der Waals surface area contributed by atoms with Crippen molar-refractivity contribution in [1.29, 1.82) is 0 Å². The zero-order valence-electron chi connectivity index (χ0n) is 9.01. The first-order valence-electron chi connectivity index (χ1n) is 4.96. The molecule has 0 saturated carbocycles. The van der Waals surface area contributed by atoms with Gasteiger partial charge in [0.2, 0.25) is 11.8 Å². The van der Waals surface area contributed by atoms with Crippen molar-refractivity contribution in [2.75, 3.05) is 6.54 Å². The average molecular weight is 240 g/mol. The zero-order valence-corrected chi connectivity index (χ0v) is 9.01. The van der Waals surface area contributed by atoms with Crippen LogP contribution in [0.5, 0.6) is 0 Å². The molecule has 4 amide bonds. The molecular formula is C10H12N2O5. The summed E-state index contributed by atoms with van der Waals surface area (Å²) in [7, 11) is 0. The number of nitrogens with one attached hydrogen (secondary N) is 1. The number of hydrogen-bond donors (Lipinski definition) is 2. The summed E-state index contributed by atoms with van der Waals surface area (Å²) < 4.78 is 0. The zero-order chi connectivity index (χ0) is 13.0. The highest BCUT2D eigenvalue weighted by Crippen LogP contribution is 2.15. The Hall–Kier alpha value is -2.18. The summed E-state index contributed by atoms with van der Waals surface area (Å²) in [4.78, 5) is 45.7. The van der Waals surface area contributed by atoms with Crippen LogP contribution in [-0.4, -0.2) is 40.4 Å². The number of carbonyl (C=O) groups is 4. The number of carboxylic acids is 1. The normalized spacial score (nSPS) is 20.1. The molecule has 2 N–H and O–H groups in total. The molecule has 0 aromatic rings. The minimum atomic E-state index is -1.12. The van der Waals surface area contributed by atoms with E-state index < -0.39 is 29.7 Å². The van der Waals surface area contributed by atoms with Gasteiger partial charge in [0.15, 0.2) is 0 Å². The van der Waals surface area contributed by atoms with Crippen LogP contribution in [0.1, 0.15) is 12.8 Å². The number of urea groups is 1. The summed E-state index contributed by atoms with van der Waals surface area (Å²) in [5.41, 5.74) is 0. The van der Waals surface area contributed by atoms with E-state index in [1.807, 2.05) is 5.32 Å². The van der Waals surface area contributed by atoms with Gasteiger partial charge in [0.1, 0.15) is 5.92 Å². The van der Waals surface area contributed by atoms with E-state index in [9.17, 15) is 19.2 Å². The second-order valence-corrected chi connectivity index (χ2v) is 3.52. The van der Waals surface area contributed by atoms with Gasteiger partial charge in [-0.2, -0.15) is 0 Å². The van der Waals surface area contributed by atoms with E-state index in [2.05, 4.69) is 6.58 Å². The second kappa shape index (κ2) is 5.24. The Balaban J connectivity index is 2.78. The van der Waals surface area contributed by atoms with Gasteiger partial charge >= 0.3 is 12.0 Å². The lowest BCUT2D eigenvalue weighted by atomic mass is 9.99. The second-order valence-electron chi connectivity index (χ2n) is 3.52. The van der Waals surface area contributed by atoms with Gasteiger partial charge in [-0.1, -0.05) is 6.08 Å². The molecule has 0 aromatic heterocycles. The Morgan fingerprint density at radius 3 is 2.65 bits per heavy atom. The molecule has 1 unspecified atom stereocenters. The number of amides is 4. The Bertz CT molecular complexity index is 390. The minimum absolute atomic E-state index is 0.0124. The van der Waals surface area contributed by atoms with Crippen molar-refractivity contribution in [3.8, 4) is 0 Å². The fourth-order valence-electron chi connectivity index (χ4n) is 1.48. The maximum Gasteiger partial charge on any atom is 0.331 e. The Morgan fingerprint density at radius 1 is 1.47 bits per heavy atom. The highest BCUT2D eigenvalue weighted by Gasteiger charge is 2.39. The van der Waals surface area contributed by atoms with Crippen LogP contribution in [0.2, 0.25) is 0 Å². The first-order valence-corrected chi connectivity index (χ1v) is 4.96. The SMILES string of the molecule is C=CCN1C(=O)NC(=O)C(CCC(=O)O)C1=O. The number of hydrogen-bond acceptors (Lipinski definition) is 4. The molecule has 1 heterocycles. The summed E-state index contributed by atoms with van der Waals surface area (Å²) in [6.07, 6.45) is 0.919. The molecule has 1 aliphatic heterocycles. The van der Waals surface area contributed by atoms with Crippen LogP contribution in [0.25, 0.3) is 0 Å². The van der Waals surface area contributed by atoms with Gasteiger partial charge in [0.25, 0.3) is 0 Å². The molecule has 0 aromatic carbocycles.